The van der Waals surface area contributed by atoms with E-state index in [0.29, 0.717) is 11.0 Å². The summed E-state index contributed by atoms with van der Waals surface area (Å²) in [5.74, 6) is 0.774. The van der Waals surface area contributed by atoms with Crippen LogP contribution in [0.25, 0.3) is 33.5 Å². The second-order valence-electron chi connectivity index (χ2n) is 15.4. The fourth-order valence-corrected chi connectivity index (χ4v) is 21.6. The summed E-state index contributed by atoms with van der Waals surface area (Å²) in [4.78, 5) is 5.16. The zero-order valence-corrected chi connectivity index (χ0v) is 34.5. The highest BCUT2D eigenvalue weighted by atomic mass is 28.4. The minimum Gasteiger partial charge on any atom is -0.457 e. The number of benzene rings is 7. The van der Waals surface area contributed by atoms with Gasteiger partial charge in [-0.25, -0.2) is 4.98 Å². The van der Waals surface area contributed by atoms with Gasteiger partial charge in [-0.1, -0.05) is 172 Å². The van der Waals surface area contributed by atoms with Crippen molar-refractivity contribution in [1.82, 2.24) is 14.0 Å². The van der Waals surface area contributed by atoms with E-state index in [0.717, 1.165) is 43.3 Å². The first-order valence-electron chi connectivity index (χ1n) is 25.1. The van der Waals surface area contributed by atoms with Crippen molar-refractivity contribution >= 4 is 72.8 Å². The first kappa shape index (κ1) is 24.8. The van der Waals surface area contributed by atoms with E-state index >= 15 is 0 Å². The lowest BCUT2D eigenvalue weighted by atomic mass is 9.98. The maximum atomic E-state index is 9.35. The minimum atomic E-state index is -5.43. The normalized spacial score (nSPS) is 18.1. The Morgan fingerprint density at radius 2 is 1.11 bits per heavy atom. The van der Waals surface area contributed by atoms with E-state index in [1.165, 1.54) is 25.2 Å². The molecule has 7 heteroatoms. The minimum absolute atomic E-state index is 0.0160. The van der Waals surface area contributed by atoms with Crippen molar-refractivity contribution < 1.29 is 21.2 Å². The van der Waals surface area contributed by atoms with Gasteiger partial charge < -0.3 is 4.74 Å². The predicted molar refractivity (Wildman–Crippen MR) is 247 cm³/mol. The Hall–Kier alpha value is -5.74. The van der Waals surface area contributed by atoms with Crippen LogP contribution in [-0.4, -0.2) is 38.2 Å². The van der Waals surface area contributed by atoms with Crippen LogP contribution in [0.1, 0.15) is 27.6 Å². The molecule has 0 fully saturated rings. The van der Waals surface area contributed by atoms with E-state index in [9.17, 15) is 16.4 Å². The lowest BCUT2D eigenvalue weighted by molar-refractivity contribution is 0.452. The zero-order chi connectivity index (χ0) is 49.2. The standard InChI is InChI=1S/C50H47N3OSi3/c1-55(2,3)50(56(4,5)6)40-27-13-18-33-46(40)54-48-41(50)28-20-34-47(48)57(37-22-9-7-10-23-37,38-24-11-8-12-25-38)39-26-19-21-36(35-39)52-44-31-16-17-32-45(44)53-43-30-15-14-29-42(43)51-49(52)53/h7-35H,1-6H3/i1D3,2D3,4D3,5D3. The monoisotopic (exact) mass is 801 g/mol. The summed E-state index contributed by atoms with van der Waals surface area (Å²) in [5.41, 5.74) is 4.35. The highest BCUT2D eigenvalue weighted by Gasteiger charge is 2.60. The van der Waals surface area contributed by atoms with Gasteiger partial charge in [0.15, 0.2) is 8.07 Å². The summed E-state index contributed by atoms with van der Waals surface area (Å²) in [6.07, 6.45) is 0. The molecule has 0 amide bonds. The summed E-state index contributed by atoms with van der Waals surface area (Å²) >= 11 is 0. The molecule has 0 radical (unpaired) electrons. The van der Waals surface area contributed by atoms with E-state index in [1.807, 2.05) is 115 Å². The molecule has 9 aromatic rings. The topological polar surface area (TPSA) is 31.5 Å². The molecule has 7 aromatic carbocycles. The van der Waals surface area contributed by atoms with Gasteiger partial charge in [0, 0.05) is 32.4 Å². The second kappa shape index (κ2) is 12.9. The number of hydrogen-bond donors (Lipinski definition) is 0. The molecule has 1 aliphatic heterocycles. The molecular weight excluding hydrogens is 743 g/mol. The Labute approximate surface area is 355 Å². The number of nitrogens with zero attached hydrogens (tertiary/aromatic N) is 3. The molecule has 0 spiro atoms. The van der Waals surface area contributed by atoms with E-state index in [-0.39, 0.29) is 22.6 Å². The van der Waals surface area contributed by atoms with Crippen LogP contribution in [0.2, 0.25) is 39.0 Å². The molecule has 0 bridgehead atoms. The first-order chi connectivity index (χ1) is 32.6. The summed E-state index contributed by atoms with van der Waals surface area (Å²) in [6.45, 7) is -11.0. The summed E-state index contributed by atoms with van der Waals surface area (Å²) in [5, 5.41) is 3.16. The molecular formula is C50H47N3OSi3. The molecule has 0 atom stereocenters. The van der Waals surface area contributed by atoms with Gasteiger partial charge in [0.05, 0.1) is 38.2 Å². The number of hydrogen-bond acceptors (Lipinski definition) is 2. The smallest absolute Gasteiger partial charge is 0.220 e. The van der Waals surface area contributed by atoms with E-state index < -0.39 is 54.8 Å². The third-order valence-corrected chi connectivity index (χ3v) is 23.7. The quantitative estimate of drug-likeness (QED) is 0.119. The van der Waals surface area contributed by atoms with Crippen molar-refractivity contribution in [2.24, 2.45) is 0 Å². The van der Waals surface area contributed by atoms with Crippen LogP contribution in [0.4, 0.5) is 0 Å². The van der Waals surface area contributed by atoms with Crippen LogP contribution in [0.15, 0.2) is 176 Å². The molecule has 0 aliphatic carbocycles. The molecule has 1 aliphatic rings. The van der Waals surface area contributed by atoms with Crippen molar-refractivity contribution in [3.05, 3.63) is 187 Å². The molecule has 280 valence electrons. The molecule has 0 unspecified atom stereocenters. The predicted octanol–water partition coefficient (Wildman–Crippen LogP) is 9.96. The number of ether oxygens (including phenoxy) is 1. The molecule has 3 heterocycles. The lowest BCUT2D eigenvalue weighted by Crippen LogP contribution is -2.75. The van der Waals surface area contributed by atoms with E-state index in [1.54, 1.807) is 24.3 Å². The van der Waals surface area contributed by atoms with Crippen molar-refractivity contribution in [2.75, 3.05) is 0 Å². The summed E-state index contributed by atoms with van der Waals surface area (Å²) < 4.78 is 121. The largest absolute Gasteiger partial charge is 0.457 e. The van der Waals surface area contributed by atoms with E-state index in [4.69, 9.17) is 9.72 Å². The fraction of sp³-hybridized carbons (Fsp3) is 0.140. The van der Waals surface area contributed by atoms with Crippen molar-refractivity contribution in [3.63, 3.8) is 0 Å². The number of aromatic nitrogens is 3. The van der Waals surface area contributed by atoms with E-state index in [2.05, 4.69) is 33.2 Å². The van der Waals surface area contributed by atoms with Gasteiger partial charge in [-0.15, -0.1) is 0 Å². The van der Waals surface area contributed by atoms with Gasteiger partial charge >= 0.3 is 0 Å². The van der Waals surface area contributed by atoms with Gasteiger partial charge in [0.1, 0.15) is 11.5 Å². The molecule has 2 aromatic heterocycles. The average Bonchev–Trinajstić information content (AvgIpc) is 3.85. The van der Waals surface area contributed by atoms with Gasteiger partial charge in [0.25, 0.3) is 0 Å². The highest BCUT2D eigenvalue weighted by Crippen LogP contribution is 2.56. The molecule has 4 nitrogen and oxygen atoms in total. The lowest BCUT2D eigenvalue weighted by Gasteiger charge is -2.55. The number of rotatable bonds is 7. The van der Waals surface area contributed by atoms with Crippen LogP contribution >= 0.6 is 0 Å². The van der Waals surface area contributed by atoms with Gasteiger partial charge in [-0.2, -0.15) is 0 Å². The van der Waals surface area contributed by atoms with Crippen molar-refractivity contribution in [1.29, 1.82) is 0 Å². The molecule has 57 heavy (non-hydrogen) atoms. The first-order valence-corrected chi connectivity index (χ1v) is 26.1. The van der Waals surface area contributed by atoms with Crippen LogP contribution in [0.5, 0.6) is 11.5 Å². The van der Waals surface area contributed by atoms with Crippen molar-refractivity contribution in [3.8, 4) is 17.2 Å². The SMILES string of the molecule is [2H]C([2H])([2H])[Si](C)(C([2H])([2H])[2H])C1([Si](C)(C([2H])([2H])[2H])C([2H])([2H])[2H])c2ccccc2Oc2c1cccc2[Si](c1ccccc1)(c1ccccc1)c1cccc(-n2c3ccccc3n3c4ccccc4nc23)c1. The van der Waals surface area contributed by atoms with Crippen LogP contribution < -0.4 is 25.5 Å². The van der Waals surface area contributed by atoms with Gasteiger partial charge in [-0.05, 0) is 68.8 Å². The summed E-state index contributed by atoms with van der Waals surface area (Å²) in [7, 11) is -14.7. The molecule has 0 saturated heterocycles. The van der Waals surface area contributed by atoms with Crippen LogP contribution in [0.3, 0.4) is 0 Å². The second-order valence-corrected chi connectivity index (χ2v) is 25.6. The van der Waals surface area contributed by atoms with Gasteiger partial charge in [-0.3, -0.25) is 8.97 Å². The van der Waals surface area contributed by atoms with Gasteiger partial charge in [0.2, 0.25) is 5.78 Å². The number of imidazole rings is 2. The Balaban J connectivity index is 1.40. The Bertz CT molecular complexity index is 3330. The van der Waals surface area contributed by atoms with Crippen molar-refractivity contribution in [2.45, 2.75) is 43.7 Å². The zero-order valence-electron chi connectivity index (χ0n) is 43.5. The highest BCUT2D eigenvalue weighted by molar-refractivity contribution is 7.20. The fourth-order valence-electron chi connectivity index (χ4n) is 9.76. The maximum absolute atomic E-state index is 9.35. The number of fused-ring (bicyclic) bond motifs is 7. The molecule has 0 N–H and O–H groups in total. The average molecular weight is 802 g/mol. The Morgan fingerprint density at radius 1 is 0.544 bits per heavy atom. The van der Waals surface area contributed by atoms with Crippen LogP contribution in [-0.2, 0) is 4.66 Å². The third-order valence-electron chi connectivity index (χ3n) is 11.9. The number of para-hydroxylation sites is 6. The maximum Gasteiger partial charge on any atom is 0.220 e. The Morgan fingerprint density at radius 3 is 1.81 bits per heavy atom. The molecule has 0 saturated carbocycles. The summed E-state index contributed by atoms with van der Waals surface area (Å²) in [6, 6.07) is 55.4. The third kappa shape index (κ3) is 4.98. The molecule has 10 rings (SSSR count). The van der Waals surface area contributed by atoms with Crippen LogP contribution in [0, 0.1) is 0 Å². The Kier molecular flexibility index (Phi) is 5.61.